The predicted molar refractivity (Wildman–Crippen MR) is 76.0 cm³/mol. The topological polar surface area (TPSA) is 35.8 Å². The van der Waals surface area contributed by atoms with Gasteiger partial charge < -0.3 is 5.32 Å². The second-order valence-electron chi connectivity index (χ2n) is 3.42. The van der Waals surface area contributed by atoms with Crippen LogP contribution in [0.3, 0.4) is 0 Å². The highest BCUT2D eigenvalue weighted by molar-refractivity contribution is 9.39. The van der Waals surface area contributed by atoms with Crippen molar-refractivity contribution in [1.29, 1.82) is 5.26 Å². The van der Waals surface area contributed by atoms with Crippen LogP contribution in [0.25, 0.3) is 0 Å². The number of hydrogen-bond acceptors (Lipinski definition) is 2. The molecule has 1 aliphatic heterocycles. The van der Waals surface area contributed by atoms with E-state index in [1.807, 2.05) is 24.3 Å². The lowest BCUT2D eigenvalue weighted by Gasteiger charge is -2.30. The van der Waals surface area contributed by atoms with Crippen LogP contribution in [0.5, 0.6) is 0 Å². The van der Waals surface area contributed by atoms with E-state index in [4.69, 9.17) is 5.26 Å². The molecule has 0 amide bonds. The molecule has 1 aliphatic rings. The number of para-hydroxylation sites is 1. The van der Waals surface area contributed by atoms with Gasteiger partial charge in [0.1, 0.15) is 2.14 Å². The first-order valence-corrected chi connectivity index (χ1v) is 6.94. The molecular weight excluding hydrogens is 400 g/mol. The maximum Gasteiger partial charge on any atom is 0.146 e. The van der Waals surface area contributed by atoms with E-state index in [1.165, 1.54) is 0 Å². The zero-order valence-corrected chi connectivity index (χ0v) is 12.8. The van der Waals surface area contributed by atoms with Crippen molar-refractivity contribution >= 4 is 53.5 Å². The van der Waals surface area contributed by atoms with E-state index in [1.54, 1.807) is 6.20 Å². The third-order valence-corrected chi connectivity index (χ3v) is 3.80. The molecule has 0 saturated carbocycles. The van der Waals surface area contributed by atoms with Crippen LogP contribution in [0.4, 0.5) is 5.69 Å². The molecule has 1 heterocycles. The average Bonchev–Trinajstić information content (AvgIpc) is 2.26. The third-order valence-electron chi connectivity index (χ3n) is 2.42. The fourth-order valence-electron chi connectivity index (χ4n) is 1.74. The summed E-state index contributed by atoms with van der Waals surface area (Å²) in [5.74, 6) is -0.0741. The molecule has 0 spiro atoms. The van der Waals surface area contributed by atoms with Crippen molar-refractivity contribution in [3.05, 3.63) is 41.6 Å². The quantitative estimate of drug-likeness (QED) is 0.646. The van der Waals surface area contributed by atoms with Gasteiger partial charge >= 0.3 is 0 Å². The molecule has 1 aromatic rings. The molecule has 1 unspecified atom stereocenters. The lowest BCUT2D eigenvalue weighted by Crippen LogP contribution is -2.22. The number of benzene rings is 1. The molecule has 0 saturated heterocycles. The van der Waals surface area contributed by atoms with E-state index in [9.17, 15) is 0 Å². The minimum absolute atomic E-state index is 0.0741. The second kappa shape index (κ2) is 4.52. The summed E-state index contributed by atoms with van der Waals surface area (Å²) in [7, 11) is 0. The van der Waals surface area contributed by atoms with Crippen LogP contribution in [0.1, 0.15) is 11.5 Å². The molecule has 82 valence electrons. The molecule has 16 heavy (non-hydrogen) atoms. The lowest BCUT2D eigenvalue weighted by molar-refractivity contribution is 0.883. The van der Waals surface area contributed by atoms with E-state index >= 15 is 0 Å². The van der Waals surface area contributed by atoms with Gasteiger partial charge in [0, 0.05) is 11.9 Å². The van der Waals surface area contributed by atoms with Crippen molar-refractivity contribution in [2.45, 2.75) is 8.06 Å². The zero-order chi connectivity index (χ0) is 11.8. The number of nitriles is 1. The standard InChI is InChI=1S/C11H7Br3N2/c12-11(13,14)10-7(5-15)6-16-9-4-2-1-3-8(9)10/h1-4,6,10,16H. The Morgan fingerprint density at radius 2 is 1.94 bits per heavy atom. The first-order chi connectivity index (χ1) is 7.54. The summed E-state index contributed by atoms with van der Waals surface area (Å²) in [5.41, 5.74) is 2.77. The fraction of sp³-hybridized carbons (Fsp3) is 0.182. The normalized spacial score (nSPS) is 19.1. The Morgan fingerprint density at radius 3 is 2.56 bits per heavy atom. The highest BCUT2D eigenvalue weighted by Crippen LogP contribution is 2.52. The van der Waals surface area contributed by atoms with Crippen molar-refractivity contribution in [1.82, 2.24) is 0 Å². The molecule has 2 nitrogen and oxygen atoms in total. The summed E-state index contributed by atoms with van der Waals surface area (Å²) in [6.07, 6.45) is 1.74. The van der Waals surface area contributed by atoms with Gasteiger partial charge in [-0.3, -0.25) is 0 Å². The Kier molecular flexibility index (Phi) is 3.43. The van der Waals surface area contributed by atoms with Crippen LogP contribution in [0.2, 0.25) is 0 Å². The van der Waals surface area contributed by atoms with E-state index in [0.717, 1.165) is 11.3 Å². The molecule has 1 aromatic carbocycles. The summed E-state index contributed by atoms with van der Waals surface area (Å²) in [5, 5.41) is 12.2. The number of nitrogens with zero attached hydrogens (tertiary/aromatic N) is 1. The van der Waals surface area contributed by atoms with Gasteiger partial charge in [-0.2, -0.15) is 5.26 Å². The molecule has 0 bridgehead atoms. The van der Waals surface area contributed by atoms with Crippen LogP contribution in [0, 0.1) is 11.3 Å². The monoisotopic (exact) mass is 404 g/mol. The van der Waals surface area contributed by atoms with E-state index < -0.39 is 2.14 Å². The Hall–Kier alpha value is -0.310. The molecule has 5 heteroatoms. The number of halogens is 3. The number of hydrogen-bond donors (Lipinski definition) is 1. The summed E-state index contributed by atoms with van der Waals surface area (Å²) in [4.78, 5) is 0. The molecule has 1 atom stereocenters. The zero-order valence-electron chi connectivity index (χ0n) is 8.05. The smallest absolute Gasteiger partial charge is 0.146 e. The van der Waals surface area contributed by atoms with Gasteiger partial charge in [0.15, 0.2) is 0 Å². The van der Waals surface area contributed by atoms with Gasteiger partial charge in [0.2, 0.25) is 0 Å². The Labute approximate surface area is 119 Å². The van der Waals surface area contributed by atoms with Crippen LogP contribution in [-0.2, 0) is 0 Å². The predicted octanol–water partition coefficient (Wildman–Crippen LogP) is 4.44. The summed E-state index contributed by atoms with van der Waals surface area (Å²) >= 11 is 10.5. The maximum absolute atomic E-state index is 9.13. The Bertz CT molecular complexity index is 483. The van der Waals surface area contributed by atoms with Gasteiger partial charge in [-0.1, -0.05) is 66.0 Å². The van der Waals surface area contributed by atoms with Crippen LogP contribution < -0.4 is 5.32 Å². The first kappa shape index (κ1) is 12.2. The highest BCUT2D eigenvalue weighted by atomic mass is 80.0. The largest absolute Gasteiger partial charge is 0.360 e. The van der Waals surface area contributed by atoms with E-state index in [0.29, 0.717) is 5.57 Å². The number of anilines is 1. The van der Waals surface area contributed by atoms with E-state index in [2.05, 4.69) is 59.2 Å². The van der Waals surface area contributed by atoms with Crippen molar-refractivity contribution in [2.24, 2.45) is 0 Å². The molecule has 0 radical (unpaired) electrons. The van der Waals surface area contributed by atoms with Crippen molar-refractivity contribution < 1.29 is 0 Å². The number of allylic oxidation sites excluding steroid dienone is 1. The van der Waals surface area contributed by atoms with Crippen molar-refractivity contribution in [2.75, 3.05) is 5.32 Å². The average molecular weight is 407 g/mol. The Morgan fingerprint density at radius 1 is 1.25 bits per heavy atom. The molecular formula is C11H7Br3N2. The number of rotatable bonds is 0. The van der Waals surface area contributed by atoms with Crippen LogP contribution in [0.15, 0.2) is 36.0 Å². The maximum atomic E-state index is 9.13. The third kappa shape index (κ3) is 2.20. The first-order valence-electron chi connectivity index (χ1n) is 4.56. The second-order valence-corrected chi connectivity index (χ2v) is 10.4. The molecule has 0 aliphatic carbocycles. The highest BCUT2D eigenvalue weighted by Gasteiger charge is 2.38. The molecule has 0 fully saturated rings. The van der Waals surface area contributed by atoms with Gasteiger partial charge in [-0.05, 0) is 11.6 Å². The summed E-state index contributed by atoms with van der Waals surface area (Å²) < 4.78 is -0.507. The summed E-state index contributed by atoms with van der Waals surface area (Å²) in [6.45, 7) is 0. The fourth-order valence-corrected chi connectivity index (χ4v) is 3.22. The molecule has 1 N–H and O–H groups in total. The molecule has 0 aromatic heterocycles. The number of fused-ring (bicyclic) bond motifs is 1. The van der Waals surface area contributed by atoms with Gasteiger partial charge in [-0.15, -0.1) is 0 Å². The van der Waals surface area contributed by atoms with Gasteiger partial charge in [0.25, 0.3) is 0 Å². The van der Waals surface area contributed by atoms with Crippen molar-refractivity contribution in [3.8, 4) is 6.07 Å². The van der Waals surface area contributed by atoms with Crippen LogP contribution >= 0.6 is 47.8 Å². The SMILES string of the molecule is N#CC1=CNc2ccccc2C1C(Br)(Br)Br. The van der Waals surface area contributed by atoms with Gasteiger partial charge in [-0.25, -0.2) is 0 Å². The van der Waals surface area contributed by atoms with Crippen LogP contribution in [-0.4, -0.2) is 2.14 Å². The van der Waals surface area contributed by atoms with Gasteiger partial charge in [0.05, 0.1) is 17.6 Å². The summed E-state index contributed by atoms with van der Waals surface area (Å²) in [6, 6.07) is 10.1. The number of nitrogens with one attached hydrogen (secondary N) is 1. The Balaban J connectivity index is 2.56. The van der Waals surface area contributed by atoms with E-state index in [-0.39, 0.29) is 5.92 Å². The minimum atomic E-state index is -0.507. The lowest BCUT2D eigenvalue weighted by atomic mass is 9.90. The number of alkyl halides is 3. The minimum Gasteiger partial charge on any atom is -0.360 e. The molecule has 2 rings (SSSR count). The van der Waals surface area contributed by atoms with Crippen molar-refractivity contribution in [3.63, 3.8) is 0 Å².